The average molecular weight is 371 g/mol. The van der Waals surface area contributed by atoms with Gasteiger partial charge in [-0.25, -0.2) is 0 Å². The van der Waals surface area contributed by atoms with Gasteiger partial charge < -0.3 is 14.6 Å². The van der Waals surface area contributed by atoms with E-state index in [0.717, 1.165) is 28.5 Å². The zero-order chi connectivity index (χ0) is 18.4. The second-order valence-electron chi connectivity index (χ2n) is 5.97. The molecule has 0 unspecified atom stereocenters. The van der Waals surface area contributed by atoms with Gasteiger partial charge in [0.2, 0.25) is 0 Å². The third-order valence-corrected chi connectivity index (χ3v) is 5.04. The fourth-order valence-electron chi connectivity index (χ4n) is 2.62. The molecule has 0 atom stereocenters. The molecule has 1 aliphatic rings. The van der Waals surface area contributed by atoms with Crippen molar-refractivity contribution in [2.75, 3.05) is 26.1 Å². The number of nitrogens with zero attached hydrogens (tertiary/aromatic N) is 1. The molecule has 3 rings (SSSR count). The lowest BCUT2D eigenvalue weighted by Crippen LogP contribution is -2.26. The first-order valence-corrected chi connectivity index (χ1v) is 9.24. The van der Waals surface area contributed by atoms with E-state index in [-0.39, 0.29) is 6.54 Å². The molecular formula is C20H21NO4S. The van der Waals surface area contributed by atoms with Crippen molar-refractivity contribution in [2.24, 2.45) is 0 Å². The zero-order valence-corrected chi connectivity index (χ0v) is 15.4. The summed E-state index contributed by atoms with van der Waals surface area (Å²) in [6.07, 6.45) is 2.11. The molecule has 1 aliphatic heterocycles. The van der Waals surface area contributed by atoms with E-state index in [1.165, 1.54) is 4.91 Å². The summed E-state index contributed by atoms with van der Waals surface area (Å²) < 4.78 is 11.0. The molecule has 2 aromatic rings. The zero-order valence-electron chi connectivity index (χ0n) is 14.6. The number of aliphatic carboxylic acids is 1. The highest BCUT2D eigenvalue weighted by atomic mass is 32.2. The topological polar surface area (TPSA) is 59.0 Å². The van der Waals surface area contributed by atoms with Gasteiger partial charge in [0.15, 0.2) is 0 Å². The number of thioether (sulfide) groups is 1. The Morgan fingerprint density at radius 3 is 2.73 bits per heavy atom. The molecule has 2 aromatic carbocycles. The highest BCUT2D eigenvalue weighted by Crippen LogP contribution is 2.28. The van der Waals surface area contributed by atoms with Gasteiger partial charge in [-0.3, -0.25) is 9.69 Å². The Balaban J connectivity index is 1.55. The van der Waals surface area contributed by atoms with Gasteiger partial charge in [-0.2, -0.15) is 0 Å². The van der Waals surface area contributed by atoms with Crippen LogP contribution in [0.1, 0.15) is 11.1 Å². The van der Waals surface area contributed by atoms with Crippen molar-refractivity contribution < 1.29 is 19.4 Å². The molecule has 1 N–H and O–H groups in total. The van der Waals surface area contributed by atoms with E-state index in [1.807, 2.05) is 41.3 Å². The Labute approximate surface area is 157 Å². The quantitative estimate of drug-likeness (QED) is 0.801. The largest absolute Gasteiger partial charge is 0.497 e. The number of methoxy groups -OCH3 is 1. The Morgan fingerprint density at radius 2 is 2.00 bits per heavy atom. The van der Waals surface area contributed by atoms with Crippen molar-refractivity contribution >= 4 is 23.8 Å². The van der Waals surface area contributed by atoms with Crippen LogP contribution in [0.25, 0.3) is 6.08 Å². The molecule has 1 saturated heterocycles. The Bertz CT molecular complexity index is 789. The number of rotatable bonds is 7. The van der Waals surface area contributed by atoms with Crippen LogP contribution in [0.15, 0.2) is 53.4 Å². The molecule has 0 aromatic heterocycles. The Hall–Kier alpha value is -2.44. The van der Waals surface area contributed by atoms with Crippen LogP contribution in [-0.4, -0.2) is 42.1 Å². The van der Waals surface area contributed by atoms with Gasteiger partial charge in [-0.1, -0.05) is 30.3 Å². The van der Waals surface area contributed by atoms with E-state index in [1.54, 1.807) is 18.9 Å². The van der Waals surface area contributed by atoms with Crippen LogP contribution >= 0.6 is 11.8 Å². The van der Waals surface area contributed by atoms with Crippen molar-refractivity contribution in [3.8, 4) is 11.5 Å². The number of carboxylic acid groups (broad SMARTS) is 1. The predicted molar refractivity (Wildman–Crippen MR) is 103 cm³/mol. The SMILES string of the molecule is COc1cccc(OCc2ccc(C=C3CN(CC(=O)O)CS3)cc2)c1. The first-order valence-electron chi connectivity index (χ1n) is 8.26. The van der Waals surface area contributed by atoms with Gasteiger partial charge in [0, 0.05) is 23.4 Å². The van der Waals surface area contributed by atoms with E-state index in [0.29, 0.717) is 13.2 Å². The highest BCUT2D eigenvalue weighted by Gasteiger charge is 2.19. The monoisotopic (exact) mass is 371 g/mol. The van der Waals surface area contributed by atoms with Crippen molar-refractivity contribution in [1.29, 1.82) is 0 Å². The summed E-state index contributed by atoms with van der Waals surface area (Å²) in [6.45, 7) is 1.27. The second-order valence-corrected chi connectivity index (χ2v) is 7.05. The smallest absolute Gasteiger partial charge is 0.317 e. The van der Waals surface area contributed by atoms with Crippen LogP contribution < -0.4 is 9.47 Å². The number of hydrogen-bond donors (Lipinski definition) is 1. The Morgan fingerprint density at radius 1 is 1.23 bits per heavy atom. The number of carbonyl (C=O) groups is 1. The summed E-state index contributed by atoms with van der Waals surface area (Å²) >= 11 is 1.69. The van der Waals surface area contributed by atoms with Crippen molar-refractivity contribution in [3.05, 3.63) is 64.6 Å². The van der Waals surface area contributed by atoms with Crippen LogP contribution in [-0.2, 0) is 11.4 Å². The third-order valence-electron chi connectivity index (χ3n) is 3.92. The molecular weight excluding hydrogens is 350 g/mol. The molecule has 26 heavy (non-hydrogen) atoms. The van der Waals surface area contributed by atoms with Crippen molar-refractivity contribution in [1.82, 2.24) is 4.90 Å². The molecule has 0 radical (unpaired) electrons. The summed E-state index contributed by atoms with van der Waals surface area (Å²) in [5.41, 5.74) is 2.19. The maximum Gasteiger partial charge on any atom is 0.317 e. The second kappa shape index (κ2) is 8.78. The number of benzene rings is 2. The summed E-state index contributed by atoms with van der Waals surface area (Å²) in [5.74, 6) is 1.49. The third kappa shape index (κ3) is 5.28. The lowest BCUT2D eigenvalue weighted by molar-refractivity contribution is -0.137. The first-order chi connectivity index (χ1) is 12.6. The minimum Gasteiger partial charge on any atom is -0.497 e. The van der Waals surface area contributed by atoms with Gasteiger partial charge in [-0.15, -0.1) is 11.8 Å². The van der Waals surface area contributed by atoms with Gasteiger partial charge in [0.05, 0.1) is 13.7 Å². The van der Waals surface area contributed by atoms with Crippen LogP contribution in [0.4, 0.5) is 0 Å². The fraction of sp³-hybridized carbons (Fsp3) is 0.250. The minimum atomic E-state index is -0.785. The van der Waals surface area contributed by atoms with Gasteiger partial charge in [-0.05, 0) is 29.3 Å². The Kier molecular flexibility index (Phi) is 6.20. The molecule has 0 saturated carbocycles. The van der Waals surface area contributed by atoms with E-state index in [9.17, 15) is 4.79 Å². The minimum absolute atomic E-state index is 0.0882. The first kappa shape index (κ1) is 18.4. The molecule has 0 bridgehead atoms. The standard InChI is InChI=1S/C20H21NO4S/c1-24-17-3-2-4-18(10-17)25-13-16-7-5-15(6-8-16)9-19-11-21(14-26-19)12-20(22)23/h2-10H,11-14H2,1H3,(H,22,23). The summed E-state index contributed by atoms with van der Waals surface area (Å²) in [6, 6.07) is 15.7. The lowest BCUT2D eigenvalue weighted by Gasteiger charge is -2.09. The maximum atomic E-state index is 10.8. The van der Waals surface area contributed by atoms with Crippen molar-refractivity contribution in [2.45, 2.75) is 6.61 Å². The van der Waals surface area contributed by atoms with E-state index < -0.39 is 5.97 Å². The van der Waals surface area contributed by atoms with Crippen LogP contribution in [0.3, 0.4) is 0 Å². The molecule has 5 nitrogen and oxygen atoms in total. The molecule has 1 fully saturated rings. The summed E-state index contributed by atoms with van der Waals surface area (Å²) in [7, 11) is 1.63. The van der Waals surface area contributed by atoms with E-state index in [2.05, 4.69) is 18.2 Å². The molecule has 136 valence electrons. The predicted octanol–water partition coefficient (Wildman–Crippen LogP) is 3.71. The number of carboxylic acids is 1. The normalized spacial score (nSPS) is 16.0. The number of hydrogen-bond acceptors (Lipinski definition) is 5. The summed E-state index contributed by atoms with van der Waals surface area (Å²) in [4.78, 5) is 13.9. The molecule has 0 aliphatic carbocycles. The van der Waals surface area contributed by atoms with E-state index >= 15 is 0 Å². The maximum absolute atomic E-state index is 10.8. The fourth-order valence-corrected chi connectivity index (χ4v) is 3.64. The molecule has 1 heterocycles. The molecule has 6 heteroatoms. The number of ether oxygens (including phenoxy) is 2. The lowest BCUT2D eigenvalue weighted by atomic mass is 10.1. The summed E-state index contributed by atoms with van der Waals surface area (Å²) in [5, 5.41) is 8.85. The van der Waals surface area contributed by atoms with Crippen LogP contribution in [0, 0.1) is 0 Å². The van der Waals surface area contributed by atoms with Crippen LogP contribution in [0.5, 0.6) is 11.5 Å². The van der Waals surface area contributed by atoms with E-state index in [4.69, 9.17) is 14.6 Å². The average Bonchev–Trinajstić information content (AvgIpc) is 3.07. The molecule has 0 spiro atoms. The highest BCUT2D eigenvalue weighted by molar-refractivity contribution is 8.03. The van der Waals surface area contributed by atoms with Crippen LogP contribution in [0.2, 0.25) is 0 Å². The van der Waals surface area contributed by atoms with Crippen molar-refractivity contribution in [3.63, 3.8) is 0 Å². The molecule has 0 amide bonds. The van der Waals surface area contributed by atoms with Gasteiger partial charge in [0.1, 0.15) is 18.1 Å². The van der Waals surface area contributed by atoms with Gasteiger partial charge >= 0.3 is 5.97 Å². The van der Waals surface area contributed by atoms with Gasteiger partial charge in [0.25, 0.3) is 0 Å².